The number of carbonyl (C=O) groups is 1. The predicted octanol–water partition coefficient (Wildman–Crippen LogP) is 4.28. The Bertz CT molecular complexity index is 665. The molecule has 0 saturated heterocycles. The van der Waals surface area contributed by atoms with E-state index in [0.29, 0.717) is 17.5 Å². The number of anilines is 1. The monoisotopic (exact) mass is 351 g/mol. The minimum Gasteiger partial charge on any atom is -0.494 e. The van der Waals surface area contributed by atoms with E-state index in [1.807, 2.05) is 18.4 Å². The van der Waals surface area contributed by atoms with Crippen LogP contribution < -0.4 is 10.1 Å². The summed E-state index contributed by atoms with van der Waals surface area (Å²) in [5.74, 6) is 0.435. The molecule has 122 valence electrons. The molecule has 0 atom stereocenters. The van der Waals surface area contributed by atoms with Crippen LogP contribution in [0.1, 0.15) is 30.1 Å². The molecule has 5 nitrogen and oxygen atoms in total. The molecule has 0 bridgehead atoms. The Labute approximate surface area is 144 Å². The third kappa shape index (κ3) is 5.11. The van der Waals surface area contributed by atoms with Gasteiger partial charge in [-0.25, -0.2) is 9.97 Å². The highest BCUT2D eigenvalue weighted by atomic mass is 35.5. The standard InChI is InChI=1S/C16H18ClN3O2S/c1-3-4-9-22-12-7-5-11(6-8-12)19-15(21)13-10-18-16(23-2)20-14(13)17/h5-8,10H,3-4,9H2,1-2H3,(H,19,21). The first-order valence-electron chi connectivity index (χ1n) is 7.24. The summed E-state index contributed by atoms with van der Waals surface area (Å²) < 4.78 is 5.58. The van der Waals surface area contributed by atoms with Crippen LogP contribution in [-0.2, 0) is 0 Å². The lowest BCUT2D eigenvalue weighted by molar-refractivity contribution is 0.102. The number of halogens is 1. The number of aromatic nitrogens is 2. The van der Waals surface area contributed by atoms with Gasteiger partial charge in [-0.15, -0.1) is 0 Å². The summed E-state index contributed by atoms with van der Waals surface area (Å²) >= 11 is 7.38. The van der Waals surface area contributed by atoms with Crippen molar-refractivity contribution in [1.82, 2.24) is 9.97 Å². The number of ether oxygens (including phenoxy) is 1. The number of benzene rings is 1. The van der Waals surface area contributed by atoms with Gasteiger partial charge >= 0.3 is 0 Å². The van der Waals surface area contributed by atoms with Crippen LogP contribution in [0.15, 0.2) is 35.6 Å². The van der Waals surface area contributed by atoms with Crippen LogP contribution in [0.25, 0.3) is 0 Å². The van der Waals surface area contributed by atoms with Gasteiger partial charge in [-0.3, -0.25) is 4.79 Å². The molecule has 1 aromatic carbocycles. The van der Waals surface area contributed by atoms with Crippen molar-refractivity contribution in [3.05, 3.63) is 41.2 Å². The molecule has 2 aromatic rings. The summed E-state index contributed by atoms with van der Waals surface area (Å²) in [7, 11) is 0. The zero-order chi connectivity index (χ0) is 16.7. The highest BCUT2D eigenvalue weighted by Gasteiger charge is 2.13. The zero-order valence-corrected chi connectivity index (χ0v) is 14.6. The molecule has 2 rings (SSSR count). The van der Waals surface area contributed by atoms with Gasteiger partial charge in [0.25, 0.3) is 5.91 Å². The summed E-state index contributed by atoms with van der Waals surface area (Å²) in [6.45, 7) is 2.81. The van der Waals surface area contributed by atoms with E-state index >= 15 is 0 Å². The van der Waals surface area contributed by atoms with Gasteiger partial charge in [-0.2, -0.15) is 0 Å². The number of nitrogens with zero attached hydrogens (tertiary/aromatic N) is 2. The summed E-state index contributed by atoms with van der Waals surface area (Å²) in [5, 5.41) is 3.43. The second-order valence-corrected chi connectivity index (χ2v) is 5.87. The van der Waals surface area contributed by atoms with Crippen molar-refractivity contribution in [2.75, 3.05) is 18.2 Å². The van der Waals surface area contributed by atoms with Crippen LogP contribution in [0.3, 0.4) is 0 Å². The largest absolute Gasteiger partial charge is 0.494 e. The Hall–Kier alpha value is -1.79. The molecule has 0 unspecified atom stereocenters. The van der Waals surface area contributed by atoms with E-state index in [4.69, 9.17) is 16.3 Å². The average molecular weight is 352 g/mol. The van der Waals surface area contributed by atoms with Crippen LogP contribution in [-0.4, -0.2) is 28.7 Å². The van der Waals surface area contributed by atoms with Gasteiger partial charge in [-0.1, -0.05) is 36.7 Å². The maximum Gasteiger partial charge on any atom is 0.260 e. The smallest absolute Gasteiger partial charge is 0.260 e. The molecule has 0 aliphatic heterocycles. The SMILES string of the molecule is CCCCOc1ccc(NC(=O)c2cnc(SC)nc2Cl)cc1. The lowest BCUT2D eigenvalue weighted by atomic mass is 10.2. The molecule has 0 radical (unpaired) electrons. The van der Waals surface area contributed by atoms with Crippen molar-refractivity contribution in [1.29, 1.82) is 0 Å². The van der Waals surface area contributed by atoms with Gasteiger partial charge in [0.1, 0.15) is 10.9 Å². The van der Waals surface area contributed by atoms with E-state index in [2.05, 4.69) is 22.2 Å². The number of amides is 1. The number of hydrogen-bond acceptors (Lipinski definition) is 5. The first-order valence-corrected chi connectivity index (χ1v) is 8.85. The second kappa shape index (κ2) is 8.74. The van der Waals surface area contributed by atoms with Crippen molar-refractivity contribution >= 4 is 35.0 Å². The third-order valence-corrected chi connectivity index (χ3v) is 3.88. The molecule has 0 aliphatic rings. The minimum absolute atomic E-state index is 0.140. The van der Waals surface area contributed by atoms with Crippen molar-refractivity contribution in [2.24, 2.45) is 0 Å². The highest BCUT2D eigenvalue weighted by Crippen LogP contribution is 2.20. The van der Waals surface area contributed by atoms with Gasteiger partial charge in [0, 0.05) is 11.9 Å². The van der Waals surface area contributed by atoms with E-state index in [9.17, 15) is 4.79 Å². The van der Waals surface area contributed by atoms with E-state index in [0.717, 1.165) is 18.6 Å². The molecule has 0 aliphatic carbocycles. The van der Waals surface area contributed by atoms with Gasteiger partial charge < -0.3 is 10.1 Å². The maximum absolute atomic E-state index is 12.2. The lowest BCUT2D eigenvalue weighted by Gasteiger charge is -2.08. The van der Waals surface area contributed by atoms with Crippen LogP contribution >= 0.6 is 23.4 Å². The molecule has 0 saturated carbocycles. The Kier molecular flexibility index (Phi) is 6.67. The van der Waals surface area contributed by atoms with Crippen LogP contribution in [0.2, 0.25) is 5.15 Å². The maximum atomic E-state index is 12.2. The molecule has 1 N–H and O–H groups in total. The lowest BCUT2D eigenvalue weighted by Crippen LogP contribution is -2.13. The molecular formula is C16H18ClN3O2S. The number of nitrogens with one attached hydrogen (secondary N) is 1. The normalized spacial score (nSPS) is 10.4. The fourth-order valence-electron chi connectivity index (χ4n) is 1.76. The van der Waals surface area contributed by atoms with Crippen molar-refractivity contribution in [3.8, 4) is 5.75 Å². The first-order chi connectivity index (χ1) is 11.1. The zero-order valence-electron chi connectivity index (χ0n) is 13.0. The summed E-state index contributed by atoms with van der Waals surface area (Å²) in [4.78, 5) is 20.3. The van der Waals surface area contributed by atoms with Crippen LogP contribution in [0, 0.1) is 0 Å². The van der Waals surface area contributed by atoms with Gasteiger partial charge in [0.05, 0.1) is 12.2 Å². The third-order valence-electron chi connectivity index (χ3n) is 3.03. The molecule has 1 amide bonds. The van der Waals surface area contributed by atoms with E-state index in [-0.39, 0.29) is 16.6 Å². The summed E-state index contributed by atoms with van der Waals surface area (Å²) in [6, 6.07) is 7.20. The average Bonchev–Trinajstić information content (AvgIpc) is 2.56. The molecule has 1 aromatic heterocycles. The minimum atomic E-state index is -0.345. The molecule has 0 fully saturated rings. The molecule has 1 heterocycles. The summed E-state index contributed by atoms with van der Waals surface area (Å²) in [6.07, 6.45) is 5.38. The van der Waals surface area contributed by atoms with Gasteiger partial charge in [0.2, 0.25) is 0 Å². The van der Waals surface area contributed by atoms with Crippen LogP contribution in [0.5, 0.6) is 5.75 Å². The molecule has 23 heavy (non-hydrogen) atoms. The number of thioether (sulfide) groups is 1. The fraction of sp³-hybridized carbons (Fsp3) is 0.312. The number of rotatable bonds is 7. The van der Waals surface area contributed by atoms with E-state index in [1.54, 1.807) is 12.1 Å². The van der Waals surface area contributed by atoms with Crippen molar-refractivity contribution in [3.63, 3.8) is 0 Å². The Morgan fingerprint density at radius 2 is 2.09 bits per heavy atom. The predicted molar refractivity (Wildman–Crippen MR) is 93.6 cm³/mol. The molecule has 7 heteroatoms. The molecular weight excluding hydrogens is 334 g/mol. The van der Waals surface area contributed by atoms with E-state index < -0.39 is 0 Å². The Balaban J connectivity index is 2.00. The van der Waals surface area contributed by atoms with Crippen molar-refractivity contribution < 1.29 is 9.53 Å². The van der Waals surface area contributed by atoms with E-state index in [1.165, 1.54) is 18.0 Å². The Morgan fingerprint density at radius 1 is 1.35 bits per heavy atom. The van der Waals surface area contributed by atoms with Gasteiger partial charge in [-0.05, 0) is 36.9 Å². The quantitative estimate of drug-likeness (QED) is 0.349. The van der Waals surface area contributed by atoms with Gasteiger partial charge in [0.15, 0.2) is 5.16 Å². The molecule has 0 spiro atoms. The number of unbranched alkanes of at least 4 members (excludes halogenated alkanes) is 1. The number of hydrogen-bond donors (Lipinski definition) is 1. The fourth-order valence-corrected chi connectivity index (χ4v) is 2.37. The summed E-state index contributed by atoms with van der Waals surface area (Å²) in [5.41, 5.74) is 0.899. The topological polar surface area (TPSA) is 64.1 Å². The number of carbonyl (C=O) groups excluding carboxylic acids is 1. The Morgan fingerprint density at radius 3 is 2.70 bits per heavy atom. The first kappa shape index (κ1) is 17.6. The van der Waals surface area contributed by atoms with Crippen molar-refractivity contribution in [2.45, 2.75) is 24.9 Å². The second-order valence-electron chi connectivity index (χ2n) is 4.74. The highest BCUT2D eigenvalue weighted by molar-refractivity contribution is 7.98. The van der Waals surface area contributed by atoms with Crippen LogP contribution in [0.4, 0.5) is 5.69 Å².